The third kappa shape index (κ3) is 4.91. The Morgan fingerprint density at radius 1 is 1.36 bits per heavy atom. The first-order chi connectivity index (χ1) is 10.1. The quantitative estimate of drug-likeness (QED) is 0.750. The van der Waals surface area contributed by atoms with Gasteiger partial charge in [-0.3, -0.25) is 9.59 Å². The number of fused-ring (bicyclic) bond motifs is 1. The summed E-state index contributed by atoms with van der Waals surface area (Å²) >= 11 is 0. The van der Waals surface area contributed by atoms with Gasteiger partial charge in [-0.05, 0) is 43.5 Å². The highest BCUT2D eigenvalue weighted by atomic mass is 35.5. The van der Waals surface area contributed by atoms with Gasteiger partial charge in [-0.25, -0.2) is 0 Å². The lowest BCUT2D eigenvalue weighted by atomic mass is 10.1. The van der Waals surface area contributed by atoms with Crippen LogP contribution in [0.3, 0.4) is 0 Å². The first kappa shape index (κ1) is 18.3. The summed E-state index contributed by atoms with van der Waals surface area (Å²) in [5, 5.41) is 8.93. The zero-order valence-electron chi connectivity index (χ0n) is 13.1. The number of amides is 2. The third-order valence-corrected chi connectivity index (χ3v) is 3.73. The van der Waals surface area contributed by atoms with Crippen molar-refractivity contribution in [1.29, 1.82) is 0 Å². The van der Waals surface area contributed by atoms with Gasteiger partial charge in [-0.2, -0.15) is 0 Å². The van der Waals surface area contributed by atoms with Crippen molar-refractivity contribution in [3.8, 4) is 0 Å². The van der Waals surface area contributed by atoms with Crippen LogP contribution in [0.15, 0.2) is 18.2 Å². The Morgan fingerprint density at radius 2 is 2.14 bits per heavy atom. The van der Waals surface area contributed by atoms with E-state index in [2.05, 4.69) is 16.0 Å². The van der Waals surface area contributed by atoms with Crippen LogP contribution in [0.25, 0.3) is 0 Å². The highest BCUT2D eigenvalue weighted by Gasteiger charge is 2.13. The topological polar surface area (TPSA) is 70.2 Å². The lowest BCUT2D eigenvalue weighted by molar-refractivity contribution is -0.121. The minimum atomic E-state index is -0.124. The summed E-state index contributed by atoms with van der Waals surface area (Å²) < 4.78 is 0. The fourth-order valence-corrected chi connectivity index (χ4v) is 2.29. The number of hydrogen-bond acceptors (Lipinski definition) is 3. The molecule has 0 saturated heterocycles. The van der Waals surface area contributed by atoms with E-state index in [-0.39, 0.29) is 30.3 Å². The third-order valence-electron chi connectivity index (χ3n) is 3.73. The highest BCUT2D eigenvalue weighted by molar-refractivity contribution is 5.95. The van der Waals surface area contributed by atoms with Crippen molar-refractivity contribution in [2.45, 2.75) is 39.2 Å². The summed E-state index contributed by atoms with van der Waals surface area (Å²) in [6.07, 6.45) is 2.16. The Balaban J connectivity index is 0.00000242. The number of benzene rings is 1. The fourth-order valence-electron chi connectivity index (χ4n) is 2.29. The standard InChI is InChI=1S/C16H23N3O2.ClH/c1-3-11(2)19-15(20)7-9-18-16(21)13-4-5-14-12(10-13)6-8-17-14;/h4-5,10-11,17H,3,6-9H2,1-2H3,(H,18,21)(H,19,20);1H. The number of halogens is 1. The van der Waals surface area contributed by atoms with Gasteiger partial charge in [0.1, 0.15) is 0 Å². The molecule has 1 aliphatic heterocycles. The van der Waals surface area contributed by atoms with E-state index in [9.17, 15) is 9.59 Å². The van der Waals surface area contributed by atoms with Gasteiger partial charge in [0, 0.05) is 36.8 Å². The monoisotopic (exact) mass is 325 g/mol. The molecule has 1 aliphatic rings. The molecule has 122 valence electrons. The average Bonchev–Trinajstić information content (AvgIpc) is 2.94. The molecule has 22 heavy (non-hydrogen) atoms. The second kappa shape index (κ2) is 8.63. The summed E-state index contributed by atoms with van der Waals surface area (Å²) in [5.74, 6) is -0.149. The summed E-state index contributed by atoms with van der Waals surface area (Å²) in [7, 11) is 0. The largest absolute Gasteiger partial charge is 0.384 e. The summed E-state index contributed by atoms with van der Waals surface area (Å²) in [6, 6.07) is 5.85. The van der Waals surface area contributed by atoms with E-state index in [0.717, 1.165) is 25.1 Å². The van der Waals surface area contributed by atoms with Crippen molar-refractivity contribution in [3.63, 3.8) is 0 Å². The molecule has 0 saturated carbocycles. The Bertz CT molecular complexity index is 534. The van der Waals surface area contributed by atoms with Crippen LogP contribution in [0, 0.1) is 0 Å². The molecule has 1 unspecified atom stereocenters. The lowest BCUT2D eigenvalue weighted by Crippen LogP contribution is -2.35. The summed E-state index contributed by atoms with van der Waals surface area (Å²) in [5.41, 5.74) is 2.94. The number of rotatable bonds is 6. The van der Waals surface area contributed by atoms with Gasteiger partial charge < -0.3 is 16.0 Å². The first-order valence-electron chi connectivity index (χ1n) is 7.54. The van der Waals surface area contributed by atoms with Crippen LogP contribution in [0.5, 0.6) is 0 Å². The van der Waals surface area contributed by atoms with Crippen molar-refractivity contribution in [3.05, 3.63) is 29.3 Å². The smallest absolute Gasteiger partial charge is 0.251 e. The molecule has 0 spiro atoms. The van der Waals surface area contributed by atoms with Crippen molar-refractivity contribution in [1.82, 2.24) is 10.6 Å². The van der Waals surface area contributed by atoms with Gasteiger partial charge in [0.15, 0.2) is 0 Å². The number of carbonyl (C=O) groups is 2. The average molecular weight is 326 g/mol. The van der Waals surface area contributed by atoms with Crippen LogP contribution < -0.4 is 16.0 Å². The van der Waals surface area contributed by atoms with Crippen molar-refractivity contribution in [2.75, 3.05) is 18.4 Å². The van der Waals surface area contributed by atoms with E-state index < -0.39 is 0 Å². The van der Waals surface area contributed by atoms with Crippen LogP contribution in [0.1, 0.15) is 42.6 Å². The molecular weight excluding hydrogens is 302 g/mol. The van der Waals surface area contributed by atoms with Crippen LogP contribution in [0.4, 0.5) is 5.69 Å². The van der Waals surface area contributed by atoms with Crippen molar-refractivity contribution >= 4 is 29.9 Å². The predicted molar refractivity (Wildman–Crippen MR) is 90.7 cm³/mol. The van der Waals surface area contributed by atoms with Gasteiger partial charge in [0.25, 0.3) is 5.91 Å². The highest BCUT2D eigenvalue weighted by Crippen LogP contribution is 2.22. The minimum absolute atomic E-state index is 0. The van der Waals surface area contributed by atoms with E-state index in [1.807, 2.05) is 32.0 Å². The van der Waals surface area contributed by atoms with Crippen molar-refractivity contribution in [2.24, 2.45) is 0 Å². The molecule has 0 fully saturated rings. The Hall–Kier alpha value is -1.75. The molecule has 6 heteroatoms. The Morgan fingerprint density at radius 3 is 2.86 bits per heavy atom. The first-order valence-corrected chi connectivity index (χ1v) is 7.54. The summed E-state index contributed by atoms with van der Waals surface area (Å²) in [6.45, 7) is 5.27. The van der Waals surface area contributed by atoms with E-state index in [1.165, 1.54) is 5.56 Å². The van der Waals surface area contributed by atoms with E-state index in [0.29, 0.717) is 18.5 Å². The van der Waals surface area contributed by atoms with Gasteiger partial charge in [-0.15, -0.1) is 12.4 Å². The molecule has 1 atom stereocenters. The Labute approximate surface area is 137 Å². The maximum Gasteiger partial charge on any atom is 0.251 e. The normalized spacial score (nSPS) is 13.4. The second-order valence-corrected chi connectivity index (χ2v) is 5.43. The van der Waals surface area contributed by atoms with Gasteiger partial charge >= 0.3 is 0 Å². The summed E-state index contributed by atoms with van der Waals surface area (Å²) in [4.78, 5) is 23.7. The second-order valence-electron chi connectivity index (χ2n) is 5.43. The van der Waals surface area contributed by atoms with Crippen LogP contribution in [0.2, 0.25) is 0 Å². The number of nitrogens with one attached hydrogen (secondary N) is 3. The molecule has 2 amide bonds. The molecule has 3 N–H and O–H groups in total. The Kier molecular flexibility index (Phi) is 7.18. The lowest BCUT2D eigenvalue weighted by Gasteiger charge is -2.11. The van der Waals surface area contributed by atoms with Gasteiger partial charge in [0.2, 0.25) is 5.91 Å². The van der Waals surface area contributed by atoms with Crippen molar-refractivity contribution < 1.29 is 9.59 Å². The molecule has 1 heterocycles. The molecule has 0 aliphatic carbocycles. The van der Waals surface area contributed by atoms with E-state index in [4.69, 9.17) is 0 Å². The number of hydrogen-bond donors (Lipinski definition) is 3. The minimum Gasteiger partial charge on any atom is -0.384 e. The van der Waals surface area contributed by atoms with E-state index >= 15 is 0 Å². The SMILES string of the molecule is CCC(C)NC(=O)CCNC(=O)c1ccc2c(c1)CCN2.Cl. The van der Waals surface area contributed by atoms with Crippen LogP contribution in [-0.4, -0.2) is 30.9 Å². The molecule has 0 radical (unpaired) electrons. The molecule has 5 nitrogen and oxygen atoms in total. The fraction of sp³-hybridized carbons (Fsp3) is 0.500. The van der Waals surface area contributed by atoms with Crippen LogP contribution in [-0.2, 0) is 11.2 Å². The molecular formula is C16H24ClN3O2. The van der Waals surface area contributed by atoms with Crippen LogP contribution >= 0.6 is 12.4 Å². The zero-order chi connectivity index (χ0) is 15.2. The molecule has 0 bridgehead atoms. The van der Waals surface area contributed by atoms with Gasteiger partial charge in [0.05, 0.1) is 0 Å². The zero-order valence-corrected chi connectivity index (χ0v) is 13.9. The molecule has 1 aromatic rings. The number of carbonyl (C=O) groups excluding carboxylic acids is 2. The molecule has 0 aromatic heterocycles. The molecule has 2 rings (SSSR count). The van der Waals surface area contributed by atoms with Gasteiger partial charge in [-0.1, -0.05) is 6.92 Å². The number of anilines is 1. The maximum absolute atomic E-state index is 12.0. The maximum atomic E-state index is 12.0. The molecule has 1 aromatic carbocycles. The predicted octanol–water partition coefficient (Wildman–Crippen LogP) is 2.11. The van der Waals surface area contributed by atoms with E-state index in [1.54, 1.807) is 0 Å².